The molecule has 0 nitrogen and oxygen atoms in total. The van der Waals surface area contributed by atoms with E-state index in [1.165, 1.54) is 33.4 Å². The molecule has 20 heavy (non-hydrogen) atoms. The molecule has 0 saturated heterocycles. The van der Waals surface area contributed by atoms with E-state index in [0.29, 0.717) is 0 Å². The van der Waals surface area contributed by atoms with Gasteiger partial charge in [0.05, 0.1) is 0 Å². The Morgan fingerprint density at radius 1 is 0.500 bits per heavy atom. The van der Waals surface area contributed by atoms with Crippen LogP contribution < -0.4 is 0 Å². The lowest BCUT2D eigenvalue weighted by Crippen LogP contribution is -1.90. The monoisotopic (exact) mass is 258 g/mol. The fraction of sp³-hybridized carbons (Fsp3) is 0.100. The van der Waals surface area contributed by atoms with Crippen LogP contribution in [-0.4, -0.2) is 0 Å². The van der Waals surface area contributed by atoms with Crippen molar-refractivity contribution >= 4 is 0 Å². The van der Waals surface area contributed by atoms with Crippen LogP contribution in [0.5, 0.6) is 0 Å². The van der Waals surface area contributed by atoms with Gasteiger partial charge in [-0.1, -0.05) is 72.8 Å². The number of benzene rings is 3. The first-order valence-electron chi connectivity index (χ1n) is 6.98. The van der Waals surface area contributed by atoms with Gasteiger partial charge in [-0.15, -0.1) is 0 Å². The van der Waals surface area contributed by atoms with E-state index in [0.717, 1.165) is 0 Å². The molecule has 0 saturated carbocycles. The summed E-state index contributed by atoms with van der Waals surface area (Å²) in [5, 5.41) is 0. The summed E-state index contributed by atoms with van der Waals surface area (Å²) in [4.78, 5) is 0. The van der Waals surface area contributed by atoms with Crippen LogP contribution in [0.3, 0.4) is 0 Å². The average molecular weight is 258 g/mol. The van der Waals surface area contributed by atoms with Crippen molar-refractivity contribution in [2.75, 3.05) is 0 Å². The highest BCUT2D eigenvalue weighted by atomic mass is 14.1. The predicted molar refractivity (Wildman–Crippen MR) is 86.8 cm³/mol. The fourth-order valence-corrected chi connectivity index (χ4v) is 2.82. The summed E-state index contributed by atoms with van der Waals surface area (Å²) >= 11 is 0. The maximum absolute atomic E-state index is 2.28. The van der Waals surface area contributed by atoms with Crippen LogP contribution >= 0.6 is 0 Å². The van der Waals surface area contributed by atoms with E-state index < -0.39 is 0 Å². The van der Waals surface area contributed by atoms with Crippen LogP contribution in [-0.2, 0) is 0 Å². The van der Waals surface area contributed by atoms with Crippen LogP contribution in [0, 0.1) is 13.8 Å². The fourth-order valence-electron chi connectivity index (χ4n) is 2.82. The van der Waals surface area contributed by atoms with Gasteiger partial charge in [-0.25, -0.2) is 0 Å². The van der Waals surface area contributed by atoms with Crippen molar-refractivity contribution in [1.82, 2.24) is 0 Å². The normalized spacial score (nSPS) is 10.5. The van der Waals surface area contributed by atoms with E-state index in [1.807, 2.05) is 0 Å². The molecule has 3 aromatic carbocycles. The van der Waals surface area contributed by atoms with Gasteiger partial charge in [-0.2, -0.15) is 0 Å². The van der Waals surface area contributed by atoms with E-state index in [9.17, 15) is 0 Å². The molecule has 0 aromatic heterocycles. The molecule has 3 aromatic rings. The van der Waals surface area contributed by atoms with Crippen LogP contribution in [0.25, 0.3) is 22.3 Å². The van der Waals surface area contributed by atoms with Gasteiger partial charge in [0.1, 0.15) is 0 Å². The zero-order valence-corrected chi connectivity index (χ0v) is 11.9. The van der Waals surface area contributed by atoms with Crippen LogP contribution in [0.2, 0.25) is 0 Å². The van der Waals surface area contributed by atoms with Crippen molar-refractivity contribution in [3.8, 4) is 22.3 Å². The quantitative estimate of drug-likeness (QED) is 0.558. The Labute approximate surface area is 120 Å². The highest BCUT2D eigenvalue weighted by molar-refractivity contribution is 5.76. The SMILES string of the molecule is Cc1cc(-c2ccccc2)cc(C)c1-c1ccccc1. The summed E-state index contributed by atoms with van der Waals surface area (Å²) < 4.78 is 0. The zero-order chi connectivity index (χ0) is 13.9. The molecule has 0 heterocycles. The Kier molecular flexibility index (Phi) is 3.39. The molecular weight excluding hydrogens is 240 g/mol. The van der Waals surface area contributed by atoms with E-state index in [2.05, 4.69) is 86.6 Å². The van der Waals surface area contributed by atoms with Crippen molar-refractivity contribution in [2.24, 2.45) is 0 Å². The van der Waals surface area contributed by atoms with Crippen LogP contribution in [0.1, 0.15) is 11.1 Å². The van der Waals surface area contributed by atoms with Crippen LogP contribution in [0.4, 0.5) is 0 Å². The molecular formula is C20H18. The highest BCUT2D eigenvalue weighted by Gasteiger charge is 2.08. The maximum atomic E-state index is 2.28. The second kappa shape index (κ2) is 5.34. The number of hydrogen-bond donors (Lipinski definition) is 0. The first kappa shape index (κ1) is 12.7. The third kappa shape index (κ3) is 2.37. The van der Waals surface area contributed by atoms with E-state index in [-0.39, 0.29) is 0 Å². The van der Waals surface area contributed by atoms with Crippen LogP contribution in [0.15, 0.2) is 72.8 Å². The zero-order valence-electron chi connectivity index (χ0n) is 11.9. The van der Waals surface area contributed by atoms with Crippen molar-refractivity contribution < 1.29 is 0 Å². The summed E-state index contributed by atoms with van der Waals surface area (Å²) in [5.74, 6) is 0. The Hall–Kier alpha value is -2.34. The average Bonchev–Trinajstić information content (AvgIpc) is 2.48. The molecule has 0 spiro atoms. The summed E-state index contributed by atoms with van der Waals surface area (Å²) in [6.45, 7) is 4.39. The van der Waals surface area contributed by atoms with Crippen molar-refractivity contribution in [3.05, 3.63) is 83.9 Å². The molecule has 0 radical (unpaired) electrons. The minimum Gasteiger partial charge on any atom is -0.0622 e. The van der Waals surface area contributed by atoms with Gasteiger partial charge in [0, 0.05) is 0 Å². The summed E-state index contributed by atoms with van der Waals surface area (Å²) in [5.41, 5.74) is 7.87. The second-order valence-corrected chi connectivity index (χ2v) is 5.22. The maximum Gasteiger partial charge on any atom is -0.0125 e. The molecule has 3 rings (SSSR count). The lowest BCUT2D eigenvalue weighted by molar-refractivity contribution is 1.38. The Bertz CT molecular complexity index is 687. The molecule has 0 aliphatic carbocycles. The second-order valence-electron chi connectivity index (χ2n) is 5.22. The molecule has 0 bridgehead atoms. The molecule has 0 aliphatic heterocycles. The smallest absolute Gasteiger partial charge is 0.0125 e. The molecule has 0 atom stereocenters. The number of rotatable bonds is 2. The van der Waals surface area contributed by atoms with Gasteiger partial charge in [-0.05, 0) is 47.2 Å². The van der Waals surface area contributed by atoms with Gasteiger partial charge in [0.15, 0.2) is 0 Å². The molecule has 0 aliphatic rings. The van der Waals surface area contributed by atoms with E-state index in [4.69, 9.17) is 0 Å². The Morgan fingerprint density at radius 2 is 0.950 bits per heavy atom. The topological polar surface area (TPSA) is 0 Å². The van der Waals surface area contributed by atoms with Gasteiger partial charge >= 0.3 is 0 Å². The molecule has 0 amide bonds. The summed E-state index contributed by atoms with van der Waals surface area (Å²) in [7, 11) is 0. The predicted octanol–water partition coefficient (Wildman–Crippen LogP) is 5.64. The first-order chi connectivity index (χ1) is 9.75. The minimum absolute atomic E-state index is 1.28. The summed E-state index contributed by atoms with van der Waals surface area (Å²) in [6.07, 6.45) is 0. The van der Waals surface area contributed by atoms with Crippen molar-refractivity contribution in [1.29, 1.82) is 0 Å². The standard InChI is InChI=1S/C20H18/c1-15-13-19(17-9-5-3-6-10-17)14-16(2)20(15)18-11-7-4-8-12-18/h3-14H,1-2H3. The van der Waals surface area contributed by atoms with Gasteiger partial charge < -0.3 is 0 Å². The summed E-state index contributed by atoms with van der Waals surface area (Å²) in [6, 6.07) is 25.7. The van der Waals surface area contributed by atoms with Gasteiger partial charge in [0.2, 0.25) is 0 Å². The molecule has 0 heteroatoms. The number of hydrogen-bond acceptors (Lipinski definition) is 0. The highest BCUT2D eigenvalue weighted by Crippen LogP contribution is 2.31. The Balaban J connectivity index is 2.13. The minimum atomic E-state index is 1.28. The number of aryl methyl sites for hydroxylation is 2. The third-order valence-electron chi connectivity index (χ3n) is 3.70. The lowest BCUT2D eigenvalue weighted by Gasteiger charge is -2.13. The largest absolute Gasteiger partial charge is 0.0622 e. The van der Waals surface area contributed by atoms with E-state index in [1.54, 1.807) is 0 Å². The van der Waals surface area contributed by atoms with Gasteiger partial charge in [0.25, 0.3) is 0 Å². The van der Waals surface area contributed by atoms with Crippen molar-refractivity contribution in [2.45, 2.75) is 13.8 Å². The first-order valence-corrected chi connectivity index (χ1v) is 6.98. The molecule has 0 N–H and O–H groups in total. The van der Waals surface area contributed by atoms with Crippen molar-refractivity contribution in [3.63, 3.8) is 0 Å². The molecule has 0 unspecified atom stereocenters. The molecule has 98 valence electrons. The van der Waals surface area contributed by atoms with E-state index >= 15 is 0 Å². The third-order valence-corrected chi connectivity index (χ3v) is 3.70. The van der Waals surface area contributed by atoms with Gasteiger partial charge in [-0.3, -0.25) is 0 Å². The molecule has 0 fully saturated rings. The lowest BCUT2D eigenvalue weighted by atomic mass is 9.91. The Morgan fingerprint density at radius 3 is 1.45 bits per heavy atom.